The SMILES string of the molecule is CC(=O)c1ccccc1OCc1ccc([N+](=O)[O-])cc1Br. The Balaban J connectivity index is 2.17. The quantitative estimate of drug-likeness (QED) is 0.462. The lowest BCUT2D eigenvalue weighted by molar-refractivity contribution is -0.384. The van der Waals surface area contributed by atoms with Crippen LogP contribution in [0.4, 0.5) is 5.69 Å². The van der Waals surface area contributed by atoms with Crippen LogP contribution in [0, 0.1) is 10.1 Å². The predicted octanol–water partition coefficient (Wildman–Crippen LogP) is 4.14. The molecule has 0 unspecified atom stereocenters. The lowest BCUT2D eigenvalue weighted by Gasteiger charge is -2.10. The van der Waals surface area contributed by atoms with Crippen molar-refractivity contribution in [3.8, 4) is 5.75 Å². The number of hydrogen-bond donors (Lipinski definition) is 0. The van der Waals surface area contributed by atoms with Crippen LogP contribution in [-0.2, 0) is 6.61 Å². The van der Waals surface area contributed by atoms with E-state index in [0.717, 1.165) is 5.56 Å². The van der Waals surface area contributed by atoms with Gasteiger partial charge in [-0.15, -0.1) is 0 Å². The van der Waals surface area contributed by atoms with Crippen LogP contribution < -0.4 is 4.74 Å². The molecule has 0 atom stereocenters. The van der Waals surface area contributed by atoms with Gasteiger partial charge in [0.1, 0.15) is 12.4 Å². The molecule has 0 saturated heterocycles. The molecule has 2 aromatic rings. The van der Waals surface area contributed by atoms with E-state index in [1.165, 1.54) is 19.1 Å². The van der Waals surface area contributed by atoms with E-state index in [9.17, 15) is 14.9 Å². The van der Waals surface area contributed by atoms with Crippen LogP contribution in [0.3, 0.4) is 0 Å². The van der Waals surface area contributed by atoms with Crippen molar-refractivity contribution in [3.05, 3.63) is 68.2 Å². The van der Waals surface area contributed by atoms with E-state index in [0.29, 0.717) is 15.8 Å². The highest BCUT2D eigenvalue weighted by Gasteiger charge is 2.11. The first kappa shape index (κ1) is 15.2. The largest absolute Gasteiger partial charge is 0.488 e. The maximum Gasteiger partial charge on any atom is 0.270 e. The summed E-state index contributed by atoms with van der Waals surface area (Å²) >= 11 is 3.29. The number of Topliss-reactive ketones (excluding diaryl/α,β-unsaturated/α-hetero) is 1. The number of non-ortho nitro benzene ring substituents is 1. The average molecular weight is 350 g/mol. The van der Waals surface area contributed by atoms with Gasteiger partial charge in [-0.1, -0.05) is 28.1 Å². The molecule has 108 valence electrons. The van der Waals surface area contributed by atoms with Crippen molar-refractivity contribution in [1.29, 1.82) is 0 Å². The Kier molecular flexibility index (Phi) is 4.70. The van der Waals surface area contributed by atoms with Crippen LogP contribution in [-0.4, -0.2) is 10.7 Å². The minimum atomic E-state index is -0.458. The first-order valence-electron chi connectivity index (χ1n) is 6.14. The molecule has 2 aromatic carbocycles. The minimum absolute atomic E-state index is 0.00904. The van der Waals surface area contributed by atoms with Crippen LogP contribution in [0.25, 0.3) is 0 Å². The molecule has 2 rings (SSSR count). The van der Waals surface area contributed by atoms with Gasteiger partial charge in [0.05, 0.1) is 10.5 Å². The van der Waals surface area contributed by atoms with Crippen LogP contribution >= 0.6 is 15.9 Å². The van der Waals surface area contributed by atoms with Gasteiger partial charge in [0.15, 0.2) is 5.78 Å². The molecular formula is C15H12BrNO4. The number of carbonyl (C=O) groups excluding carboxylic acids is 1. The zero-order chi connectivity index (χ0) is 15.4. The topological polar surface area (TPSA) is 69.4 Å². The first-order chi connectivity index (χ1) is 9.99. The number of benzene rings is 2. The number of halogens is 1. The molecule has 21 heavy (non-hydrogen) atoms. The summed E-state index contributed by atoms with van der Waals surface area (Å²) in [4.78, 5) is 21.7. The van der Waals surface area contributed by atoms with E-state index in [2.05, 4.69) is 15.9 Å². The third kappa shape index (κ3) is 3.66. The predicted molar refractivity (Wildman–Crippen MR) is 81.6 cm³/mol. The summed E-state index contributed by atoms with van der Waals surface area (Å²) in [5, 5.41) is 10.7. The number of nitro groups is 1. The molecule has 0 spiro atoms. The molecular weight excluding hydrogens is 338 g/mol. The molecule has 0 amide bonds. The normalized spacial score (nSPS) is 10.2. The fraction of sp³-hybridized carbons (Fsp3) is 0.133. The standard InChI is InChI=1S/C15H12BrNO4/c1-10(18)13-4-2-3-5-15(13)21-9-11-6-7-12(17(19)20)8-14(11)16/h2-8H,9H2,1H3. The lowest BCUT2D eigenvalue weighted by Crippen LogP contribution is -2.02. The van der Waals surface area contributed by atoms with E-state index in [-0.39, 0.29) is 18.1 Å². The number of ether oxygens (including phenoxy) is 1. The zero-order valence-electron chi connectivity index (χ0n) is 11.2. The smallest absolute Gasteiger partial charge is 0.270 e. The van der Waals surface area contributed by atoms with Crippen LogP contribution in [0.15, 0.2) is 46.9 Å². The number of carbonyl (C=O) groups is 1. The minimum Gasteiger partial charge on any atom is -0.488 e. The number of hydrogen-bond acceptors (Lipinski definition) is 4. The Morgan fingerprint density at radius 1 is 1.29 bits per heavy atom. The van der Waals surface area contributed by atoms with Gasteiger partial charge in [-0.05, 0) is 25.1 Å². The Morgan fingerprint density at radius 3 is 2.62 bits per heavy atom. The lowest BCUT2D eigenvalue weighted by atomic mass is 10.1. The fourth-order valence-electron chi connectivity index (χ4n) is 1.81. The van der Waals surface area contributed by atoms with Crippen molar-refractivity contribution in [2.45, 2.75) is 13.5 Å². The van der Waals surface area contributed by atoms with Gasteiger partial charge in [0.25, 0.3) is 5.69 Å². The molecule has 0 aliphatic heterocycles. The third-order valence-electron chi connectivity index (χ3n) is 2.90. The van der Waals surface area contributed by atoms with Gasteiger partial charge in [0.2, 0.25) is 0 Å². The highest BCUT2D eigenvalue weighted by molar-refractivity contribution is 9.10. The monoisotopic (exact) mass is 349 g/mol. The molecule has 5 nitrogen and oxygen atoms in total. The molecule has 6 heteroatoms. The molecule has 0 aliphatic carbocycles. The summed E-state index contributed by atoms with van der Waals surface area (Å²) in [5.41, 5.74) is 1.28. The highest BCUT2D eigenvalue weighted by Crippen LogP contribution is 2.25. The molecule has 0 bridgehead atoms. The number of ketones is 1. The Hall–Kier alpha value is -2.21. The Morgan fingerprint density at radius 2 is 2.00 bits per heavy atom. The van der Waals surface area contributed by atoms with Crippen LogP contribution in [0.5, 0.6) is 5.75 Å². The molecule has 0 aliphatic rings. The van der Waals surface area contributed by atoms with Crippen molar-refractivity contribution >= 4 is 27.4 Å². The average Bonchev–Trinajstić information content (AvgIpc) is 2.46. The molecule has 0 fully saturated rings. The van der Waals surface area contributed by atoms with E-state index >= 15 is 0 Å². The molecule has 0 aromatic heterocycles. The molecule has 0 saturated carbocycles. The molecule has 0 heterocycles. The van der Waals surface area contributed by atoms with Crippen molar-refractivity contribution in [2.75, 3.05) is 0 Å². The van der Waals surface area contributed by atoms with Gasteiger partial charge in [0, 0.05) is 22.2 Å². The van der Waals surface area contributed by atoms with Crippen molar-refractivity contribution in [3.63, 3.8) is 0 Å². The van der Waals surface area contributed by atoms with E-state index in [4.69, 9.17) is 4.74 Å². The van der Waals surface area contributed by atoms with Gasteiger partial charge in [-0.3, -0.25) is 14.9 Å². The van der Waals surface area contributed by atoms with Gasteiger partial charge in [-0.2, -0.15) is 0 Å². The Labute approximate surface area is 129 Å². The zero-order valence-corrected chi connectivity index (χ0v) is 12.8. The third-order valence-corrected chi connectivity index (χ3v) is 3.64. The number of nitro benzene ring substituents is 1. The maximum absolute atomic E-state index is 11.5. The summed E-state index contributed by atoms with van der Waals surface area (Å²) in [6, 6.07) is 11.4. The molecule has 0 radical (unpaired) electrons. The summed E-state index contributed by atoms with van der Waals surface area (Å²) in [7, 11) is 0. The van der Waals surface area contributed by atoms with Crippen molar-refractivity contribution < 1.29 is 14.5 Å². The van der Waals surface area contributed by atoms with Crippen LogP contribution in [0.2, 0.25) is 0 Å². The summed E-state index contributed by atoms with van der Waals surface area (Å²) in [5.74, 6) is 0.420. The van der Waals surface area contributed by atoms with E-state index < -0.39 is 4.92 Å². The summed E-state index contributed by atoms with van der Waals surface area (Å²) in [6.45, 7) is 1.69. The van der Waals surface area contributed by atoms with Crippen molar-refractivity contribution in [2.24, 2.45) is 0 Å². The van der Waals surface area contributed by atoms with E-state index in [1.807, 2.05) is 0 Å². The van der Waals surface area contributed by atoms with Gasteiger partial charge < -0.3 is 4.74 Å². The van der Waals surface area contributed by atoms with Crippen molar-refractivity contribution in [1.82, 2.24) is 0 Å². The number of rotatable bonds is 5. The highest BCUT2D eigenvalue weighted by atomic mass is 79.9. The van der Waals surface area contributed by atoms with Gasteiger partial charge >= 0.3 is 0 Å². The second-order valence-electron chi connectivity index (χ2n) is 4.37. The number of para-hydroxylation sites is 1. The summed E-state index contributed by atoms with van der Waals surface area (Å²) < 4.78 is 6.24. The first-order valence-corrected chi connectivity index (χ1v) is 6.94. The van der Waals surface area contributed by atoms with Crippen LogP contribution in [0.1, 0.15) is 22.8 Å². The Bertz CT molecular complexity index is 700. The van der Waals surface area contributed by atoms with Gasteiger partial charge in [-0.25, -0.2) is 0 Å². The number of nitrogens with zero attached hydrogens (tertiary/aromatic N) is 1. The summed E-state index contributed by atoms with van der Waals surface area (Å²) in [6.07, 6.45) is 0. The second-order valence-corrected chi connectivity index (χ2v) is 5.23. The maximum atomic E-state index is 11.5. The van der Waals surface area contributed by atoms with E-state index in [1.54, 1.807) is 30.3 Å². The molecule has 0 N–H and O–H groups in total. The fourth-order valence-corrected chi connectivity index (χ4v) is 2.29. The second kappa shape index (κ2) is 6.49.